The summed E-state index contributed by atoms with van der Waals surface area (Å²) in [5, 5.41) is 0.0122. The van der Waals surface area contributed by atoms with Crippen LogP contribution in [0.3, 0.4) is 0 Å². The van der Waals surface area contributed by atoms with E-state index in [2.05, 4.69) is 123 Å². The average molecular weight is 1140 g/mol. The van der Waals surface area contributed by atoms with E-state index in [0.29, 0.717) is 81.5 Å². The van der Waals surface area contributed by atoms with E-state index in [1.54, 1.807) is 0 Å². The first-order chi connectivity index (χ1) is 41.1. The van der Waals surface area contributed by atoms with E-state index in [1.165, 1.54) is 140 Å². The fourth-order valence-electron chi connectivity index (χ4n) is 19.0. The minimum absolute atomic E-state index is 0.00107. The van der Waals surface area contributed by atoms with Crippen molar-refractivity contribution in [1.82, 2.24) is 0 Å². The smallest absolute Gasteiger partial charge is 0.252 e. The number of benzene rings is 4. The SMILES string of the molecule is [2H]c1c([2H])c2c(c([2H])c1Cl)N(C1C(C3CCCCC3)CC(C(C)(C)C)CC1C1CCCCC1)c1cc(-c3cc(C(C)(C)C)cc(C(C)(C)C)c3)cc3c1B2c1c([2H])c([2H])c(Cl)c([2H])c1N3C1C(C2CCCCC2)CC(C(C)(C)C)CC1C1CCCCC1. The Balaban J connectivity index is 1.26. The number of fused-ring (bicyclic) bond motifs is 4. The number of rotatable bonds is 7. The van der Waals surface area contributed by atoms with Crippen LogP contribution in [0.5, 0.6) is 0 Å². The zero-order valence-corrected chi connectivity index (χ0v) is 54.0. The second-order valence-electron chi connectivity index (χ2n) is 32.6. The summed E-state index contributed by atoms with van der Waals surface area (Å²) in [7, 11) is 0. The molecule has 81 heavy (non-hydrogen) atoms. The van der Waals surface area contributed by atoms with E-state index < -0.39 is 6.71 Å². The van der Waals surface area contributed by atoms with Crippen molar-refractivity contribution >= 4 is 69.1 Å². The van der Waals surface area contributed by atoms with Crippen molar-refractivity contribution in [3.63, 3.8) is 0 Å². The predicted molar refractivity (Wildman–Crippen MR) is 353 cm³/mol. The first-order valence-electron chi connectivity index (χ1n) is 36.6. The van der Waals surface area contributed by atoms with Gasteiger partial charge in [0.1, 0.15) is 0 Å². The molecule has 4 aromatic carbocycles. The Labute approximate surface area is 513 Å². The largest absolute Gasteiger partial charge is 0.339 e. The van der Waals surface area contributed by atoms with Crippen molar-refractivity contribution in [2.75, 3.05) is 9.80 Å². The Hall–Kier alpha value is -2.88. The van der Waals surface area contributed by atoms with Crippen LogP contribution in [0, 0.1) is 70.0 Å². The third-order valence-electron chi connectivity index (χ3n) is 23.6. The summed E-state index contributed by atoms with van der Waals surface area (Å²) in [6.07, 6.45) is 28.9. The molecule has 0 amide bonds. The lowest BCUT2D eigenvalue weighted by Crippen LogP contribution is -2.67. The Morgan fingerprint density at radius 2 is 0.716 bits per heavy atom. The van der Waals surface area contributed by atoms with Gasteiger partial charge < -0.3 is 9.80 Å². The van der Waals surface area contributed by atoms with E-state index in [9.17, 15) is 8.22 Å². The number of halogens is 2. The molecule has 0 spiro atoms. The van der Waals surface area contributed by atoms with E-state index in [1.807, 2.05) is 0 Å². The Kier molecular flexibility index (Phi) is 14.4. The summed E-state index contributed by atoms with van der Waals surface area (Å²) in [5.74, 6) is 4.22. The molecule has 8 aliphatic rings. The van der Waals surface area contributed by atoms with Crippen molar-refractivity contribution < 1.29 is 8.22 Å². The van der Waals surface area contributed by atoms with Gasteiger partial charge in [-0.05, 0) is 181 Å². The van der Waals surface area contributed by atoms with Crippen LogP contribution in [-0.2, 0) is 10.8 Å². The molecular formula is C76H107BCl2N2. The zero-order chi connectivity index (χ0) is 62.1. The van der Waals surface area contributed by atoms with Gasteiger partial charge in [-0.1, -0.05) is 265 Å². The molecule has 2 nitrogen and oxygen atoms in total. The number of hydrogen-bond acceptors (Lipinski definition) is 2. The lowest BCUT2D eigenvalue weighted by molar-refractivity contribution is 0.0144. The van der Waals surface area contributed by atoms with E-state index >= 15 is 0 Å². The first-order valence-corrected chi connectivity index (χ1v) is 34.3. The van der Waals surface area contributed by atoms with Crippen LogP contribution in [0.25, 0.3) is 11.1 Å². The molecule has 438 valence electrons. The summed E-state index contributed by atoms with van der Waals surface area (Å²) in [5.41, 5.74) is 10.2. The number of anilines is 4. The summed E-state index contributed by atoms with van der Waals surface area (Å²) in [6, 6.07) is 12.2. The molecular weight excluding hydrogens is 1020 g/mol. The van der Waals surface area contributed by atoms with Crippen molar-refractivity contribution in [1.29, 1.82) is 0 Å². The van der Waals surface area contributed by atoms with Crippen LogP contribution in [0.1, 0.15) is 257 Å². The third-order valence-corrected chi connectivity index (χ3v) is 24.0. The van der Waals surface area contributed by atoms with Gasteiger partial charge in [-0.3, -0.25) is 0 Å². The molecule has 0 N–H and O–H groups in total. The molecule has 4 aromatic rings. The Morgan fingerprint density at radius 1 is 0.407 bits per heavy atom. The fraction of sp³-hybridized carbons (Fsp3) is 0.684. The number of hydrogen-bond donors (Lipinski definition) is 0. The molecule has 6 aliphatic carbocycles. The van der Waals surface area contributed by atoms with Crippen molar-refractivity contribution in [2.45, 2.75) is 260 Å². The highest BCUT2D eigenvalue weighted by atomic mass is 35.5. The van der Waals surface area contributed by atoms with Crippen molar-refractivity contribution in [3.8, 4) is 11.1 Å². The molecule has 6 saturated carbocycles. The summed E-state index contributed by atoms with van der Waals surface area (Å²) < 4.78 is 62.2. The van der Waals surface area contributed by atoms with Gasteiger partial charge in [-0.2, -0.15) is 0 Å². The van der Waals surface area contributed by atoms with E-state index in [0.717, 1.165) is 53.6 Å². The highest BCUT2D eigenvalue weighted by Crippen LogP contribution is 2.59. The molecule has 0 bridgehead atoms. The highest BCUT2D eigenvalue weighted by Gasteiger charge is 2.56. The highest BCUT2D eigenvalue weighted by molar-refractivity contribution is 7.00. The van der Waals surface area contributed by atoms with Gasteiger partial charge in [0.25, 0.3) is 6.71 Å². The Bertz CT molecular complexity index is 2960. The van der Waals surface area contributed by atoms with Crippen LogP contribution in [0.2, 0.25) is 10.0 Å². The van der Waals surface area contributed by atoms with E-state index in [4.69, 9.17) is 23.2 Å². The van der Waals surface area contributed by atoms with Crippen LogP contribution in [-0.4, -0.2) is 18.8 Å². The van der Waals surface area contributed by atoms with Crippen LogP contribution < -0.4 is 26.2 Å². The normalized spacial score (nSPS) is 29.7. The van der Waals surface area contributed by atoms with Gasteiger partial charge in [-0.15, -0.1) is 0 Å². The van der Waals surface area contributed by atoms with Crippen molar-refractivity contribution in [3.05, 3.63) is 87.8 Å². The van der Waals surface area contributed by atoms with Crippen LogP contribution in [0.15, 0.2) is 66.6 Å². The van der Waals surface area contributed by atoms with Crippen molar-refractivity contribution in [2.24, 2.45) is 70.0 Å². The third kappa shape index (κ3) is 11.4. The van der Waals surface area contributed by atoms with Gasteiger partial charge in [0, 0.05) is 44.9 Å². The molecule has 0 saturated heterocycles. The van der Waals surface area contributed by atoms with Crippen LogP contribution in [0.4, 0.5) is 22.7 Å². The summed E-state index contributed by atoms with van der Waals surface area (Å²) >= 11 is 15.0. The van der Waals surface area contributed by atoms with E-state index in [-0.39, 0.29) is 80.0 Å². The van der Waals surface area contributed by atoms with Gasteiger partial charge in [0.2, 0.25) is 0 Å². The molecule has 4 atom stereocenters. The first kappa shape index (κ1) is 51.4. The van der Waals surface area contributed by atoms with Gasteiger partial charge in [0.15, 0.2) is 0 Å². The summed E-state index contributed by atoms with van der Waals surface area (Å²) in [4.78, 5) is 5.35. The van der Waals surface area contributed by atoms with Gasteiger partial charge in [-0.25, -0.2) is 0 Å². The monoisotopic (exact) mass is 1130 g/mol. The molecule has 2 aliphatic heterocycles. The maximum absolute atomic E-state index is 10.7. The Morgan fingerprint density at radius 3 is 1.01 bits per heavy atom. The topological polar surface area (TPSA) is 6.48 Å². The quantitative estimate of drug-likeness (QED) is 0.170. The molecule has 6 fully saturated rings. The molecule has 12 rings (SSSR count). The minimum Gasteiger partial charge on any atom is -0.339 e. The zero-order valence-electron chi connectivity index (χ0n) is 58.5. The molecule has 0 radical (unpaired) electrons. The maximum atomic E-state index is 10.7. The molecule has 5 heteroatoms. The average Bonchev–Trinajstić information content (AvgIpc) is 0.684. The lowest BCUT2D eigenvalue weighted by atomic mass is 9.33. The molecule has 0 aromatic heterocycles. The van der Waals surface area contributed by atoms with Gasteiger partial charge in [0.05, 0.1) is 8.22 Å². The van der Waals surface area contributed by atoms with Gasteiger partial charge >= 0.3 is 0 Å². The second-order valence-corrected chi connectivity index (χ2v) is 33.4. The lowest BCUT2D eigenvalue weighted by Gasteiger charge is -2.59. The molecule has 2 heterocycles. The van der Waals surface area contributed by atoms with Crippen LogP contribution >= 0.6 is 23.2 Å². The second kappa shape index (κ2) is 22.8. The molecule has 4 unspecified atom stereocenters. The number of nitrogens with zero attached hydrogens (tertiary/aromatic N) is 2. The minimum atomic E-state index is -0.817. The fourth-order valence-corrected chi connectivity index (χ4v) is 19.3. The standard InChI is InChI=1S/C76H107BCl2N2/c1-73(2,3)54-37-52(38-55(41-54)74(4,5)6)53-39-68-70-69(40-53)81(72-62(50-29-21-15-22-30-50)44-57(76(10,11)12)45-63(72)51-31-23-16-24-32-51)67-47-59(79)34-36-65(67)77(70)64-35-33-58(78)46-66(64)80(68)71-60(48-25-17-13-18-26-48)42-56(75(7,8)9)43-61(71)49-27-19-14-20-28-49/h33-41,46-51,56-57,60-63,71-72H,13-32,42-45H2,1-12H3/i33D,34D,35D,36D,46D,47D. The summed E-state index contributed by atoms with van der Waals surface area (Å²) in [6.45, 7) is 28.1. The predicted octanol–water partition coefficient (Wildman–Crippen LogP) is 21.1. The maximum Gasteiger partial charge on any atom is 0.252 e.